The van der Waals surface area contributed by atoms with E-state index in [4.69, 9.17) is 9.72 Å². The number of thiophene rings is 1. The van der Waals surface area contributed by atoms with Crippen LogP contribution in [0.25, 0.3) is 16.9 Å². The Morgan fingerprint density at radius 1 is 1.22 bits per heavy atom. The SMILES string of the molecule is COc1ccc(-c2cc(-n3nc(C)cc3C)nc(SCC(=O)c3cccs3)c2C#N)cc1. The maximum Gasteiger partial charge on any atom is 0.183 e. The first-order valence-corrected chi connectivity index (χ1v) is 11.7. The molecule has 0 N–H and O–H groups in total. The van der Waals surface area contributed by atoms with E-state index in [1.807, 2.05) is 61.7 Å². The Morgan fingerprint density at radius 3 is 2.59 bits per heavy atom. The van der Waals surface area contributed by atoms with Crippen molar-refractivity contribution in [1.82, 2.24) is 14.8 Å². The Labute approximate surface area is 194 Å². The van der Waals surface area contributed by atoms with Crippen LogP contribution in [0.15, 0.2) is 58.9 Å². The van der Waals surface area contributed by atoms with E-state index >= 15 is 0 Å². The summed E-state index contributed by atoms with van der Waals surface area (Å²) in [6.45, 7) is 3.88. The quantitative estimate of drug-likeness (QED) is 0.269. The number of Topliss-reactive ketones (excluding diaryl/α,β-unsaturated/α-hetero) is 1. The van der Waals surface area contributed by atoms with E-state index in [1.165, 1.54) is 23.1 Å². The Balaban J connectivity index is 1.81. The van der Waals surface area contributed by atoms with Gasteiger partial charge in [-0.1, -0.05) is 30.0 Å². The van der Waals surface area contributed by atoms with Gasteiger partial charge in [0.05, 0.1) is 29.0 Å². The first-order chi connectivity index (χ1) is 15.5. The number of aromatic nitrogens is 3. The smallest absolute Gasteiger partial charge is 0.183 e. The minimum absolute atomic E-state index is 0.0122. The molecule has 160 valence electrons. The Hall–Kier alpha value is -3.41. The largest absolute Gasteiger partial charge is 0.497 e. The molecule has 0 aliphatic heterocycles. The number of aryl methyl sites for hydroxylation is 2. The highest BCUT2D eigenvalue weighted by Gasteiger charge is 2.19. The highest BCUT2D eigenvalue weighted by atomic mass is 32.2. The average Bonchev–Trinajstić information content (AvgIpc) is 3.46. The molecule has 0 atom stereocenters. The summed E-state index contributed by atoms with van der Waals surface area (Å²) in [5, 5.41) is 16.9. The van der Waals surface area contributed by atoms with E-state index in [-0.39, 0.29) is 11.5 Å². The molecule has 1 aromatic carbocycles. The van der Waals surface area contributed by atoms with Crippen LogP contribution in [-0.2, 0) is 0 Å². The van der Waals surface area contributed by atoms with Crippen molar-refractivity contribution in [3.8, 4) is 28.8 Å². The Morgan fingerprint density at radius 2 is 2.00 bits per heavy atom. The van der Waals surface area contributed by atoms with Gasteiger partial charge in [0.15, 0.2) is 11.6 Å². The number of rotatable bonds is 7. The van der Waals surface area contributed by atoms with Crippen LogP contribution in [0.4, 0.5) is 0 Å². The third-order valence-corrected chi connectivity index (χ3v) is 6.73. The van der Waals surface area contributed by atoms with Crippen LogP contribution in [0.2, 0.25) is 0 Å². The fraction of sp³-hybridized carbons (Fsp3) is 0.167. The standard InChI is InChI=1S/C24H20N4O2S2/c1-15-11-16(2)28(27-15)23-12-19(17-6-8-18(30-3)9-7-17)20(13-25)24(26-23)32-14-21(29)22-5-4-10-31-22/h4-12H,14H2,1-3H3. The molecule has 0 saturated carbocycles. The van der Waals surface area contributed by atoms with Crippen LogP contribution in [0, 0.1) is 25.2 Å². The topological polar surface area (TPSA) is 80.8 Å². The van der Waals surface area contributed by atoms with Gasteiger partial charge in [0.2, 0.25) is 0 Å². The van der Waals surface area contributed by atoms with Gasteiger partial charge in [-0.25, -0.2) is 9.67 Å². The number of carbonyl (C=O) groups is 1. The van der Waals surface area contributed by atoms with E-state index in [9.17, 15) is 10.1 Å². The van der Waals surface area contributed by atoms with Crippen molar-refractivity contribution in [3.63, 3.8) is 0 Å². The molecule has 3 heterocycles. The van der Waals surface area contributed by atoms with Gasteiger partial charge in [-0.3, -0.25) is 4.79 Å². The number of thioether (sulfide) groups is 1. The number of carbonyl (C=O) groups excluding carboxylic acids is 1. The monoisotopic (exact) mass is 460 g/mol. The molecular formula is C24H20N4O2S2. The highest BCUT2D eigenvalue weighted by molar-refractivity contribution is 8.00. The summed E-state index contributed by atoms with van der Waals surface area (Å²) in [6, 6.07) is 17.3. The maximum absolute atomic E-state index is 12.6. The van der Waals surface area contributed by atoms with Crippen molar-refractivity contribution in [2.45, 2.75) is 18.9 Å². The summed E-state index contributed by atoms with van der Waals surface area (Å²) in [6.07, 6.45) is 0. The van der Waals surface area contributed by atoms with Crippen molar-refractivity contribution < 1.29 is 9.53 Å². The molecule has 32 heavy (non-hydrogen) atoms. The summed E-state index contributed by atoms with van der Waals surface area (Å²) >= 11 is 2.68. The second-order valence-corrected chi connectivity index (χ2v) is 8.99. The summed E-state index contributed by atoms with van der Waals surface area (Å²) in [7, 11) is 1.61. The number of pyridine rings is 1. The van der Waals surface area contributed by atoms with E-state index < -0.39 is 0 Å². The molecule has 0 radical (unpaired) electrons. The zero-order valence-electron chi connectivity index (χ0n) is 17.8. The third-order valence-electron chi connectivity index (χ3n) is 4.85. The second-order valence-electron chi connectivity index (χ2n) is 7.08. The summed E-state index contributed by atoms with van der Waals surface area (Å²) in [5.41, 5.74) is 3.84. The summed E-state index contributed by atoms with van der Waals surface area (Å²) in [4.78, 5) is 18.0. The second kappa shape index (κ2) is 9.39. The van der Waals surface area contributed by atoms with Gasteiger partial charge in [-0.2, -0.15) is 10.4 Å². The number of nitriles is 1. The maximum atomic E-state index is 12.6. The highest BCUT2D eigenvalue weighted by Crippen LogP contribution is 2.33. The predicted octanol–water partition coefficient (Wildman–Crippen LogP) is 5.47. The fourth-order valence-corrected chi connectivity index (χ4v) is 4.97. The first kappa shape index (κ1) is 21.8. The predicted molar refractivity (Wildman–Crippen MR) is 127 cm³/mol. The van der Waals surface area contributed by atoms with Gasteiger partial charge < -0.3 is 4.74 Å². The summed E-state index contributed by atoms with van der Waals surface area (Å²) in [5.74, 6) is 1.55. The molecule has 0 aliphatic rings. The molecule has 0 fully saturated rings. The van der Waals surface area contributed by atoms with Gasteiger partial charge in [0.1, 0.15) is 16.8 Å². The number of hydrogen-bond donors (Lipinski definition) is 0. The molecule has 0 aliphatic carbocycles. The molecule has 6 nitrogen and oxygen atoms in total. The minimum Gasteiger partial charge on any atom is -0.497 e. The van der Waals surface area contributed by atoms with Crippen LogP contribution in [0.1, 0.15) is 26.6 Å². The molecule has 0 bridgehead atoms. The lowest BCUT2D eigenvalue weighted by molar-refractivity contribution is 0.102. The van der Waals surface area contributed by atoms with Crippen LogP contribution in [0.3, 0.4) is 0 Å². The number of methoxy groups -OCH3 is 1. The molecule has 0 spiro atoms. The van der Waals surface area contributed by atoms with Gasteiger partial charge >= 0.3 is 0 Å². The van der Waals surface area contributed by atoms with Gasteiger partial charge in [-0.05, 0) is 55.1 Å². The van der Waals surface area contributed by atoms with Gasteiger partial charge in [-0.15, -0.1) is 11.3 Å². The third kappa shape index (κ3) is 4.44. The van der Waals surface area contributed by atoms with Crippen molar-refractivity contribution >= 4 is 28.9 Å². The lowest BCUT2D eigenvalue weighted by atomic mass is 10.0. The molecule has 3 aromatic heterocycles. The Kier molecular flexibility index (Phi) is 6.40. The van der Waals surface area contributed by atoms with Crippen LogP contribution >= 0.6 is 23.1 Å². The van der Waals surface area contributed by atoms with Crippen molar-refractivity contribution in [3.05, 3.63) is 75.7 Å². The van der Waals surface area contributed by atoms with Crippen LogP contribution < -0.4 is 4.74 Å². The average molecular weight is 461 g/mol. The lowest BCUT2D eigenvalue weighted by Gasteiger charge is -2.13. The minimum atomic E-state index is 0.0122. The number of hydrogen-bond acceptors (Lipinski definition) is 7. The van der Waals surface area contributed by atoms with Crippen molar-refractivity contribution in [2.75, 3.05) is 12.9 Å². The molecule has 4 rings (SSSR count). The number of benzene rings is 1. The van der Waals surface area contributed by atoms with Gasteiger partial charge in [0, 0.05) is 11.3 Å². The zero-order valence-corrected chi connectivity index (χ0v) is 19.5. The number of ether oxygens (including phenoxy) is 1. The molecule has 0 amide bonds. The Bertz CT molecular complexity index is 1300. The van der Waals surface area contributed by atoms with E-state index in [1.54, 1.807) is 17.9 Å². The fourth-order valence-electron chi connectivity index (χ4n) is 3.33. The van der Waals surface area contributed by atoms with Crippen molar-refractivity contribution in [2.24, 2.45) is 0 Å². The molecule has 0 unspecified atom stereocenters. The van der Waals surface area contributed by atoms with E-state index in [2.05, 4.69) is 11.2 Å². The molecule has 4 aromatic rings. The van der Waals surface area contributed by atoms with Gasteiger partial charge in [0.25, 0.3) is 0 Å². The van der Waals surface area contributed by atoms with Crippen molar-refractivity contribution in [1.29, 1.82) is 5.26 Å². The van der Waals surface area contributed by atoms with Crippen LogP contribution in [-0.4, -0.2) is 33.4 Å². The molecule has 0 saturated heterocycles. The molecular weight excluding hydrogens is 440 g/mol. The van der Waals surface area contributed by atoms with E-state index in [0.717, 1.165) is 28.3 Å². The number of nitrogens with zero attached hydrogens (tertiary/aromatic N) is 4. The van der Waals surface area contributed by atoms with E-state index in [0.29, 0.717) is 21.3 Å². The lowest BCUT2D eigenvalue weighted by Crippen LogP contribution is -2.07. The summed E-state index contributed by atoms with van der Waals surface area (Å²) < 4.78 is 7.02. The van der Waals surface area contributed by atoms with Crippen LogP contribution in [0.5, 0.6) is 5.75 Å². The molecule has 8 heteroatoms. The first-order valence-electron chi connectivity index (χ1n) is 9.83. The normalized spacial score (nSPS) is 10.7. The zero-order chi connectivity index (χ0) is 22.7. The number of ketones is 1.